The lowest BCUT2D eigenvalue weighted by atomic mass is 9.89. The van der Waals surface area contributed by atoms with Gasteiger partial charge in [0.05, 0.1) is 28.7 Å². The fraction of sp³-hybridized carbons (Fsp3) is 0.148. The molecular formula is C27H23N3O3S2. The minimum atomic E-state index is -0.372. The van der Waals surface area contributed by atoms with E-state index in [1.807, 2.05) is 72.3 Å². The molecule has 0 aliphatic carbocycles. The molecule has 3 aromatic rings. The minimum Gasteiger partial charge on any atom is -0.495 e. The van der Waals surface area contributed by atoms with Crippen LogP contribution in [0.15, 0.2) is 93.2 Å². The lowest BCUT2D eigenvalue weighted by Crippen LogP contribution is -2.23. The Kier molecular flexibility index (Phi) is 6.40. The lowest BCUT2D eigenvalue weighted by molar-refractivity contribution is -0.113. The number of carbonyl (C=O) groups is 2. The SMILES string of the molecule is COc1ccccc1NC(=O)C1=C(C)SC(SCC(=O)c2ccccc2)=C2C(=N)n3cccc3C12. The maximum Gasteiger partial charge on any atom is 0.253 e. The van der Waals surface area contributed by atoms with Gasteiger partial charge in [-0.3, -0.25) is 15.0 Å². The van der Waals surface area contributed by atoms with E-state index in [4.69, 9.17) is 10.1 Å². The van der Waals surface area contributed by atoms with E-state index in [9.17, 15) is 9.59 Å². The molecule has 2 N–H and O–H groups in total. The van der Waals surface area contributed by atoms with Crippen LogP contribution in [0.5, 0.6) is 5.75 Å². The monoisotopic (exact) mass is 501 g/mol. The molecule has 0 fully saturated rings. The molecule has 0 bridgehead atoms. The van der Waals surface area contributed by atoms with Gasteiger partial charge in [-0.25, -0.2) is 0 Å². The van der Waals surface area contributed by atoms with E-state index < -0.39 is 0 Å². The molecule has 35 heavy (non-hydrogen) atoms. The summed E-state index contributed by atoms with van der Waals surface area (Å²) in [6.45, 7) is 1.92. The molecule has 2 aromatic carbocycles. The highest BCUT2D eigenvalue weighted by Crippen LogP contribution is 2.53. The highest BCUT2D eigenvalue weighted by atomic mass is 32.2. The van der Waals surface area contributed by atoms with E-state index in [1.54, 1.807) is 19.2 Å². The van der Waals surface area contributed by atoms with Gasteiger partial charge in [-0.15, -0.1) is 11.8 Å². The summed E-state index contributed by atoms with van der Waals surface area (Å²) in [4.78, 5) is 27.2. The number of ketones is 1. The standard InChI is InChI=1S/C27H23N3O3S2/c1-16-22(26(32)29-18-11-6-7-13-21(18)33-2)23-19-12-8-14-30(19)25(28)24(23)27(35-16)34-15-20(31)17-9-4-3-5-10-17/h3-14,23,28H,15H2,1-2H3,(H,29,32). The Bertz CT molecular complexity index is 1410. The number of methoxy groups -OCH3 is 1. The summed E-state index contributed by atoms with van der Waals surface area (Å²) in [5.74, 6) is 0.618. The molecule has 0 radical (unpaired) electrons. The normalized spacial score (nSPS) is 16.7. The van der Waals surface area contributed by atoms with Crippen LogP contribution in [0.3, 0.4) is 0 Å². The molecule has 5 rings (SSSR count). The molecule has 6 nitrogen and oxygen atoms in total. The van der Waals surface area contributed by atoms with Crippen LogP contribution >= 0.6 is 23.5 Å². The first kappa shape index (κ1) is 23.3. The number of rotatable bonds is 7. The molecule has 1 amide bonds. The van der Waals surface area contributed by atoms with Crippen molar-refractivity contribution in [3.63, 3.8) is 0 Å². The predicted molar refractivity (Wildman–Crippen MR) is 142 cm³/mol. The van der Waals surface area contributed by atoms with Gasteiger partial charge in [-0.1, -0.05) is 54.2 Å². The van der Waals surface area contributed by atoms with Crippen LogP contribution < -0.4 is 10.1 Å². The van der Waals surface area contributed by atoms with Gasteiger partial charge in [0.15, 0.2) is 5.78 Å². The van der Waals surface area contributed by atoms with Gasteiger partial charge in [0, 0.05) is 28.6 Å². The number of hydrogen-bond donors (Lipinski definition) is 2. The molecule has 3 heterocycles. The first-order valence-electron chi connectivity index (χ1n) is 11.0. The molecule has 176 valence electrons. The van der Waals surface area contributed by atoms with Crippen molar-refractivity contribution < 1.29 is 14.3 Å². The molecule has 8 heteroatoms. The number of fused-ring (bicyclic) bond motifs is 3. The molecule has 0 spiro atoms. The average molecular weight is 502 g/mol. The van der Waals surface area contributed by atoms with Crippen LogP contribution in [0.2, 0.25) is 0 Å². The zero-order chi connectivity index (χ0) is 24.5. The number of anilines is 1. The number of Topliss-reactive ketones (excluding diaryl/α,β-unsaturated/α-hetero) is 1. The number of para-hydroxylation sites is 2. The summed E-state index contributed by atoms with van der Waals surface area (Å²) in [5, 5.41) is 11.9. The number of hydrogen-bond acceptors (Lipinski definition) is 6. The van der Waals surface area contributed by atoms with Crippen LogP contribution in [0, 0.1) is 5.41 Å². The van der Waals surface area contributed by atoms with E-state index in [0.717, 1.165) is 20.4 Å². The Hall–Kier alpha value is -3.49. The molecule has 2 aliphatic rings. The van der Waals surface area contributed by atoms with Gasteiger partial charge in [0.1, 0.15) is 11.6 Å². The van der Waals surface area contributed by atoms with Gasteiger partial charge < -0.3 is 14.6 Å². The third kappa shape index (κ3) is 4.24. The van der Waals surface area contributed by atoms with Gasteiger partial charge in [-0.2, -0.15) is 0 Å². The number of carbonyl (C=O) groups excluding carboxylic acids is 2. The lowest BCUT2D eigenvalue weighted by Gasteiger charge is -2.26. The highest BCUT2D eigenvalue weighted by Gasteiger charge is 2.43. The Labute approximate surface area is 212 Å². The molecule has 1 atom stereocenters. The van der Waals surface area contributed by atoms with Crippen LogP contribution in [-0.2, 0) is 4.79 Å². The van der Waals surface area contributed by atoms with Gasteiger partial charge in [-0.05, 0) is 36.1 Å². The molecule has 0 saturated carbocycles. The maximum atomic E-state index is 13.6. The smallest absolute Gasteiger partial charge is 0.253 e. The fourth-order valence-corrected chi connectivity index (χ4v) is 6.89. The number of benzene rings is 2. The Morgan fingerprint density at radius 2 is 1.83 bits per heavy atom. The fourth-order valence-electron chi connectivity index (χ4n) is 4.38. The Morgan fingerprint density at radius 3 is 2.60 bits per heavy atom. The predicted octanol–water partition coefficient (Wildman–Crippen LogP) is 5.91. The second-order valence-electron chi connectivity index (χ2n) is 8.09. The third-order valence-electron chi connectivity index (χ3n) is 6.02. The number of allylic oxidation sites excluding steroid dienone is 2. The van der Waals surface area contributed by atoms with Crippen molar-refractivity contribution in [2.24, 2.45) is 0 Å². The van der Waals surface area contributed by atoms with E-state index in [-0.39, 0.29) is 23.4 Å². The zero-order valence-corrected chi connectivity index (χ0v) is 20.8. The van der Waals surface area contributed by atoms with Gasteiger partial charge in [0.25, 0.3) is 5.91 Å². The summed E-state index contributed by atoms with van der Waals surface area (Å²) < 4.78 is 8.10. The number of thioether (sulfide) groups is 2. The first-order valence-corrected chi connectivity index (χ1v) is 12.8. The van der Waals surface area contributed by atoms with E-state index >= 15 is 0 Å². The summed E-state index contributed by atoms with van der Waals surface area (Å²) in [6.07, 6.45) is 1.84. The molecule has 2 aliphatic heterocycles. The van der Waals surface area contributed by atoms with Crippen molar-refractivity contribution in [1.29, 1.82) is 5.41 Å². The van der Waals surface area contributed by atoms with Crippen molar-refractivity contribution in [3.8, 4) is 5.75 Å². The maximum absolute atomic E-state index is 13.6. The number of ether oxygens (including phenoxy) is 1. The van der Waals surface area contributed by atoms with Gasteiger partial charge in [0.2, 0.25) is 0 Å². The summed E-state index contributed by atoms with van der Waals surface area (Å²) in [5.41, 5.74) is 3.51. The van der Waals surface area contributed by atoms with E-state index in [0.29, 0.717) is 28.4 Å². The first-order chi connectivity index (χ1) is 17.0. The molecule has 0 saturated heterocycles. The number of nitrogens with zero attached hydrogens (tertiary/aromatic N) is 1. The summed E-state index contributed by atoms with van der Waals surface area (Å²) >= 11 is 2.89. The number of nitrogens with one attached hydrogen (secondary N) is 2. The van der Waals surface area contributed by atoms with Crippen molar-refractivity contribution in [3.05, 3.63) is 104 Å². The van der Waals surface area contributed by atoms with Crippen LogP contribution in [0.25, 0.3) is 0 Å². The van der Waals surface area contributed by atoms with Gasteiger partial charge >= 0.3 is 0 Å². The Balaban J connectivity index is 1.47. The number of amides is 1. The molecule has 1 unspecified atom stereocenters. The zero-order valence-electron chi connectivity index (χ0n) is 19.2. The topological polar surface area (TPSA) is 84.2 Å². The van der Waals surface area contributed by atoms with Crippen molar-refractivity contribution in [2.45, 2.75) is 12.8 Å². The summed E-state index contributed by atoms with van der Waals surface area (Å²) in [7, 11) is 1.57. The minimum absolute atomic E-state index is 0.0336. The van der Waals surface area contributed by atoms with Crippen molar-refractivity contribution in [1.82, 2.24) is 4.57 Å². The Morgan fingerprint density at radius 1 is 1.09 bits per heavy atom. The third-order valence-corrected chi connectivity index (χ3v) is 8.45. The van der Waals surface area contributed by atoms with Crippen molar-refractivity contribution in [2.75, 3.05) is 18.2 Å². The second-order valence-corrected chi connectivity index (χ2v) is 10.6. The number of aromatic nitrogens is 1. The molecule has 1 aromatic heterocycles. The quantitative estimate of drug-likeness (QED) is 0.394. The highest BCUT2D eigenvalue weighted by molar-refractivity contribution is 8.24. The van der Waals surface area contributed by atoms with E-state index in [1.165, 1.54) is 23.5 Å². The molecular weight excluding hydrogens is 478 g/mol. The van der Waals surface area contributed by atoms with Crippen molar-refractivity contribution >= 4 is 46.7 Å². The van der Waals surface area contributed by atoms with Crippen LogP contribution in [-0.4, -0.2) is 35.0 Å². The van der Waals surface area contributed by atoms with E-state index in [2.05, 4.69) is 5.32 Å². The largest absolute Gasteiger partial charge is 0.495 e. The summed E-state index contributed by atoms with van der Waals surface area (Å²) in [6, 6.07) is 20.3. The second kappa shape index (κ2) is 9.64. The average Bonchev–Trinajstić information content (AvgIpc) is 3.46. The van der Waals surface area contributed by atoms with Crippen LogP contribution in [0.1, 0.15) is 28.9 Å². The van der Waals surface area contributed by atoms with Crippen LogP contribution in [0.4, 0.5) is 5.69 Å².